The van der Waals surface area contributed by atoms with Crippen molar-refractivity contribution in [3.63, 3.8) is 0 Å². The molecule has 16 aromatic carbocycles. The lowest BCUT2D eigenvalue weighted by atomic mass is 9.70. The van der Waals surface area contributed by atoms with Crippen molar-refractivity contribution in [2.24, 2.45) is 0 Å². The van der Waals surface area contributed by atoms with Gasteiger partial charge in [0.2, 0.25) is 0 Å². The molecule has 582 valence electrons. The normalized spacial score (nSPS) is 15.7. The number of nitrogens with zero attached hydrogens (tertiary/aromatic N) is 2. The number of halogens is 5. The molecule has 1 saturated heterocycles. The van der Waals surface area contributed by atoms with Crippen LogP contribution in [0.4, 0.5) is 34.1 Å². The van der Waals surface area contributed by atoms with Crippen LogP contribution in [-0.2, 0) is 31.0 Å². The Kier molecular flexibility index (Phi) is 18.6. The quantitative estimate of drug-likeness (QED) is 0.0860. The number of anilines is 6. The zero-order chi connectivity index (χ0) is 82.1. The third-order valence-corrected chi connectivity index (χ3v) is 31.1. The summed E-state index contributed by atoms with van der Waals surface area (Å²) in [4.78, 5) is 4.90. The van der Waals surface area contributed by atoms with Crippen LogP contribution >= 0.6 is 86.3 Å². The summed E-state index contributed by atoms with van der Waals surface area (Å²) in [6.45, 7) is 17.9. The van der Waals surface area contributed by atoms with Gasteiger partial charge in [0.25, 0.3) is 0 Å². The summed E-state index contributed by atoms with van der Waals surface area (Å²) in [6, 6.07) is 131. The van der Waals surface area contributed by atoms with Crippen LogP contribution < -0.4 is 15.3 Å². The highest BCUT2D eigenvalue weighted by Gasteiger charge is 2.55. The van der Waals surface area contributed by atoms with Crippen LogP contribution in [0.2, 0.25) is 0 Å². The molecule has 10 heteroatoms. The van der Waals surface area contributed by atoms with Gasteiger partial charge in [0, 0.05) is 66.4 Å². The van der Waals surface area contributed by atoms with Crippen LogP contribution in [-0.4, -0.2) is 18.3 Å². The van der Waals surface area contributed by atoms with Crippen molar-refractivity contribution in [2.45, 2.75) is 88.3 Å². The average molecular weight is 1920 g/mol. The highest BCUT2D eigenvalue weighted by atomic mass is 127. The second-order valence-electron chi connectivity index (χ2n) is 34.6. The van der Waals surface area contributed by atoms with Gasteiger partial charge in [-0.25, -0.2) is 0 Å². The molecule has 4 nitrogen and oxygen atoms in total. The Morgan fingerprint density at radius 1 is 0.242 bits per heavy atom. The maximum Gasteiger partial charge on any atom is 0.494 e. The molecule has 0 unspecified atom stereocenters. The molecule has 2 spiro atoms. The Labute approximate surface area is 751 Å². The number of rotatable bonds is 8. The molecule has 0 N–H and O–H groups in total. The van der Waals surface area contributed by atoms with Gasteiger partial charge in [-0.05, 0) is 326 Å². The predicted octanol–water partition coefficient (Wildman–Crippen LogP) is 30.9. The largest absolute Gasteiger partial charge is 0.494 e. The summed E-state index contributed by atoms with van der Waals surface area (Å²) in [5.74, 6) is 0. The van der Waals surface area contributed by atoms with E-state index in [9.17, 15) is 0 Å². The van der Waals surface area contributed by atoms with Gasteiger partial charge in [-0.2, -0.15) is 0 Å². The minimum atomic E-state index is -0.428. The maximum atomic E-state index is 6.48. The van der Waals surface area contributed by atoms with E-state index in [4.69, 9.17) is 9.31 Å². The van der Waals surface area contributed by atoms with Crippen LogP contribution in [0.15, 0.2) is 370 Å². The summed E-state index contributed by atoms with van der Waals surface area (Å²) in [6.07, 6.45) is 0. The summed E-state index contributed by atoms with van der Waals surface area (Å²) < 4.78 is 18.6. The van der Waals surface area contributed by atoms with Crippen LogP contribution in [0.3, 0.4) is 0 Å². The fourth-order valence-electron chi connectivity index (χ4n) is 20.7. The van der Waals surface area contributed by atoms with Crippen molar-refractivity contribution in [3.05, 3.63) is 440 Å². The molecule has 0 radical (unpaired) electrons. The summed E-state index contributed by atoms with van der Waals surface area (Å²) in [7, 11) is -0.428. The second kappa shape index (κ2) is 29.0. The van der Waals surface area contributed by atoms with Gasteiger partial charge in [0.15, 0.2) is 0 Å². The van der Waals surface area contributed by atoms with Crippen molar-refractivity contribution in [2.75, 3.05) is 9.80 Å². The Hall–Kier alpha value is -10.2. The molecule has 1 heterocycles. The maximum absolute atomic E-state index is 6.48. The van der Waals surface area contributed by atoms with Gasteiger partial charge in [0.05, 0.1) is 22.0 Å². The molecule has 23 rings (SSSR count). The molecule has 0 amide bonds. The van der Waals surface area contributed by atoms with Gasteiger partial charge in [-0.1, -0.05) is 318 Å². The van der Waals surface area contributed by atoms with Gasteiger partial charge in [-0.15, -0.1) is 0 Å². The van der Waals surface area contributed by atoms with E-state index in [2.05, 4.69) is 491 Å². The Bertz CT molecular complexity index is 6780. The minimum absolute atomic E-state index is 0.120. The van der Waals surface area contributed by atoms with E-state index in [0.717, 1.165) is 68.6 Å². The van der Waals surface area contributed by atoms with Crippen molar-refractivity contribution >= 4 is 133 Å². The lowest BCUT2D eigenvalue weighted by Gasteiger charge is -2.32. The third kappa shape index (κ3) is 11.8. The van der Waals surface area contributed by atoms with Gasteiger partial charge >= 0.3 is 7.12 Å². The fourth-order valence-corrected chi connectivity index (χ4v) is 23.1. The molecule has 0 bridgehead atoms. The lowest BCUT2D eigenvalue weighted by Crippen LogP contribution is -2.41. The van der Waals surface area contributed by atoms with Crippen LogP contribution in [0.25, 0.3) is 77.9 Å². The molecule has 16 aromatic rings. The third-order valence-electron chi connectivity index (χ3n) is 27.1. The fraction of sp³-hybridized carbons (Fsp3) is 0.127. The predicted molar refractivity (Wildman–Crippen MR) is 521 cm³/mol. The molecule has 120 heavy (non-hydrogen) atoms. The zero-order valence-electron chi connectivity index (χ0n) is 67.7. The minimum Gasteiger partial charge on any atom is -0.399 e. The van der Waals surface area contributed by atoms with Crippen LogP contribution in [0.5, 0.6) is 0 Å². The molecule has 0 saturated carbocycles. The van der Waals surface area contributed by atoms with Crippen LogP contribution in [0, 0.1) is 3.57 Å². The van der Waals surface area contributed by atoms with E-state index in [1.54, 1.807) is 0 Å². The van der Waals surface area contributed by atoms with Crippen molar-refractivity contribution in [1.82, 2.24) is 0 Å². The average Bonchev–Trinajstić information content (AvgIpc) is 1.51. The van der Waals surface area contributed by atoms with E-state index in [1.165, 1.54) is 137 Å². The Morgan fingerprint density at radius 3 is 0.842 bits per heavy atom. The lowest BCUT2D eigenvalue weighted by molar-refractivity contribution is 0.00578. The Balaban J connectivity index is 0.000000134. The van der Waals surface area contributed by atoms with Crippen LogP contribution in [0.1, 0.15) is 122 Å². The van der Waals surface area contributed by atoms with Crippen molar-refractivity contribution in [3.8, 4) is 77.9 Å². The zero-order valence-corrected chi connectivity index (χ0v) is 76.2. The van der Waals surface area contributed by atoms with Gasteiger partial charge in [0.1, 0.15) is 0 Å². The first-order valence-electron chi connectivity index (χ1n) is 41.1. The van der Waals surface area contributed by atoms with Crippen molar-refractivity contribution < 1.29 is 9.31 Å². The molecule has 1 aliphatic heterocycles. The van der Waals surface area contributed by atoms with Gasteiger partial charge in [-0.3, -0.25) is 0 Å². The summed E-state index contributed by atoms with van der Waals surface area (Å²) in [5, 5.41) is 0. The topological polar surface area (TPSA) is 24.9 Å². The smallest absolute Gasteiger partial charge is 0.399 e. The number of hydrogen-bond donors (Lipinski definition) is 0. The summed E-state index contributed by atoms with van der Waals surface area (Å²) in [5.41, 5.74) is 40.1. The number of fused-ring (bicyclic) bond motifs is 26. The highest BCUT2D eigenvalue weighted by Crippen LogP contribution is 2.66. The molecular formula is C110H82BBr4IN2O2. The molecule has 1 fully saturated rings. The first kappa shape index (κ1) is 77.1. The second-order valence-corrected chi connectivity index (χ2v) is 39.3. The Morgan fingerprint density at radius 2 is 0.508 bits per heavy atom. The standard InChI is InChI=1S/C52H44BNO2.C52H35Br2N.C6H3Br2I/c1-49(2)43-19-11-7-15-37(43)41-29-27-35(31-47(41)49)54(34-25-23-33(24-26-34)53-55-50(3,4)51(5,6)56-53)36-28-30-42-40-18-10-14-22-46(40)52(48(42)32-36)44-20-12-8-16-38(44)39-17-9-13-21-45(39)52;1-51(2)44-15-7-3-11-37(44)41-26-24-35(30-48(41)51)55(34-22-19-32(20-23-34)43-29-33(53)21-28-50(43)54)36-25-27-42-40-14-6-10-18-47(40)52(49(42)31-36)45-16-8-4-12-38(45)39-13-5-9-17-46(39)52;7-4-1-2-5(8)6(9)3-4/h7-32H,1-6H3;3-31H,1-2H3;1-3H. The molecular weight excluding hydrogens is 1840 g/mol. The molecule has 0 atom stereocenters. The monoisotopic (exact) mass is 1920 g/mol. The SMILES string of the molecule is Brc1ccc(Br)c(I)c1.CC1(C)c2ccccc2-c2ccc(N(c3ccc(-c4cc(Br)ccc4Br)cc3)c3ccc4c(c3)C3(c5ccccc5-c5ccccc53)c3ccccc3-4)cc21.CC1(C)c2ccccc2-c2ccc(N(c3ccc(B4OC(C)(C)C(C)(C)O4)cc3)c3ccc4c(c3)C3(c5ccccc5-c5ccccc53)c3ccccc3-4)cc21. The van der Waals surface area contributed by atoms with E-state index in [1.807, 2.05) is 12.1 Å². The van der Waals surface area contributed by atoms with E-state index < -0.39 is 29.2 Å². The highest BCUT2D eigenvalue weighted by molar-refractivity contribution is 14.1. The molecule has 0 aromatic heterocycles. The van der Waals surface area contributed by atoms with E-state index in [-0.39, 0.29) is 10.8 Å². The van der Waals surface area contributed by atoms with Gasteiger partial charge < -0.3 is 19.1 Å². The molecule has 7 aliphatic rings. The van der Waals surface area contributed by atoms with Crippen molar-refractivity contribution in [1.29, 1.82) is 0 Å². The number of benzene rings is 16. The van der Waals surface area contributed by atoms with E-state index >= 15 is 0 Å². The first-order valence-corrected chi connectivity index (χ1v) is 45.4. The molecule has 6 aliphatic carbocycles. The first-order chi connectivity index (χ1) is 58.1. The summed E-state index contributed by atoms with van der Waals surface area (Å²) >= 11 is 16.5. The number of hydrogen-bond acceptors (Lipinski definition) is 4. The van der Waals surface area contributed by atoms with E-state index in [0.29, 0.717) is 0 Å².